The van der Waals surface area contributed by atoms with Gasteiger partial charge in [-0.1, -0.05) is 13.8 Å². The molecule has 1 fully saturated rings. The Morgan fingerprint density at radius 1 is 1.47 bits per heavy atom. The Kier molecular flexibility index (Phi) is 3.94. The maximum atomic E-state index is 9.35. The number of hydrogen-bond donors (Lipinski definition) is 1. The summed E-state index contributed by atoms with van der Waals surface area (Å²) < 4.78 is 0.362. The third-order valence-electron chi connectivity index (χ3n) is 3.23. The summed E-state index contributed by atoms with van der Waals surface area (Å²) in [6.45, 7) is 6.78. The van der Waals surface area contributed by atoms with E-state index in [1.54, 1.807) is 12.4 Å². The van der Waals surface area contributed by atoms with Crippen molar-refractivity contribution in [3.05, 3.63) is 24.0 Å². The van der Waals surface area contributed by atoms with Crippen molar-refractivity contribution in [1.29, 1.82) is 0 Å². The van der Waals surface area contributed by atoms with E-state index in [-0.39, 0.29) is 6.61 Å². The smallest absolute Gasteiger partial charge is 0.0717 e. The molecule has 0 spiro atoms. The van der Waals surface area contributed by atoms with E-state index in [0.29, 0.717) is 4.75 Å². The summed E-state index contributed by atoms with van der Waals surface area (Å²) in [5.41, 5.74) is 2.07. The minimum absolute atomic E-state index is 0.0657. The van der Waals surface area contributed by atoms with Gasteiger partial charge in [-0.3, -0.25) is 4.98 Å². The van der Waals surface area contributed by atoms with Crippen LogP contribution in [0.5, 0.6) is 0 Å². The summed E-state index contributed by atoms with van der Waals surface area (Å²) in [5.74, 6) is 1.14. The van der Waals surface area contributed by atoms with E-state index in [1.807, 2.05) is 17.8 Å². The van der Waals surface area contributed by atoms with Gasteiger partial charge in [-0.05, 0) is 12.5 Å². The van der Waals surface area contributed by atoms with E-state index in [9.17, 15) is 5.11 Å². The van der Waals surface area contributed by atoms with Crippen LogP contribution in [0.15, 0.2) is 18.5 Å². The Bertz CT molecular complexity index is 381. The monoisotopic (exact) mass is 252 g/mol. The summed E-state index contributed by atoms with van der Waals surface area (Å²) >= 11 is 2.03. The highest BCUT2D eigenvalue weighted by molar-refractivity contribution is 8.00. The lowest BCUT2D eigenvalue weighted by Gasteiger charge is -2.25. The van der Waals surface area contributed by atoms with Crippen molar-refractivity contribution >= 4 is 17.4 Å². The molecule has 0 unspecified atom stereocenters. The Morgan fingerprint density at radius 2 is 2.29 bits per heavy atom. The van der Waals surface area contributed by atoms with Crippen LogP contribution in [0.4, 0.5) is 5.69 Å². The van der Waals surface area contributed by atoms with Gasteiger partial charge in [0, 0.05) is 47.2 Å². The van der Waals surface area contributed by atoms with Crippen molar-refractivity contribution in [1.82, 2.24) is 4.98 Å². The molecule has 0 aromatic carbocycles. The summed E-state index contributed by atoms with van der Waals surface area (Å²) in [4.78, 5) is 6.44. The number of anilines is 1. The van der Waals surface area contributed by atoms with Gasteiger partial charge in [0.2, 0.25) is 0 Å². The molecule has 0 saturated carbocycles. The van der Waals surface area contributed by atoms with Crippen molar-refractivity contribution in [2.24, 2.45) is 0 Å². The maximum absolute atomic E-state index is 9.35. The quantitative estimate of drug-likeness (QED) is 0.876. The normalized spacial score (nSPS) is 20.1. The van der Waals surface area contributed by atoms with Crippen LogP contribution in [0.2, 0.25) is 0 Å². The second-order valence-corrected chi connectivity index (χ2v) is 6.81. The highest BCUT2D eigenvalue weighted by Crippen LogP contribution is 2.32. The Morgan fingerprint density at radius 3 is 3.06 bits per heavy atom. The van der Waals surface area contributed by atoms with Gasteiger partial charge in [-0.25, -0.2) is 0 Å². The summed E-state index contributed by atoms with van der Waals surface area (Å²) in [6, 6.07) is 2.01. The van der Waals surface area contributed by atoms with Gasteiger partial charge >= 0.3 is 0 Å². The molecule has 0 radical (unpaired) electrons. The third-order valence-corrected chi connectivity index (χ3v) is 4.60. The highest BCUT2D eigenvalue weighted by atomic mass is 32.2. The molecule has 1 aromatic rings. The van der Waals surface area contributed by atoms with Crippen molar-refractivity contribution < 1.29 is 5.11 Å². The van der Waals surface area contributed by atoms with Gasteiger partial charge in [0.25, 0.3) is 0 Å². The minimum Gasteiger partial charge on any atom is -0.392 e. The first-order chi connectivity index (χ1) is 8.12. The lowest BCUT2D eigenvalue weighted by Crippen LogP contribution is -2.27. The number of aliphatic hydroxyl groups is 1. The molecule has 0 amide bonds. The van der Waals surface area contributed by atoms with E-state index < -0.39 is 0 Å². The number of aromatic nitrogens is 1. The molecule has 1 aliphatic rings. The van der Waals surface area contributed by atoms with Crippen molar-refractivity contribution in [3.8, 4) is 0 Å². The number of hydrogen-bond acceptors (Lipinski definition) is 4. The number of rotatable bonds is 2. The van der Waals surface area contributed by atoms with Gasteiger partial charge in [0.1, 0.15) is 0 Å². The summed E-state index contributed by atoms with van der Waals surface area (Å²) in [7, 11) is 0. The first-order valence-corrected chi connectivity index (χ1v) is 7.03. The molecule has 2 rings (SSSR count). The maximum Gasteiger partial charge on any atom is 0.0717 e. The SMILES string of the molecule is CC1(C)CCN(c2ccncc2CO)CCS1. The number of aliphatic hydroxyl groups excluding tert-OH is 1. The van der Waals surface area contributed by atoms with E-state index in [2.05, 4.69) is 23.7 Å². The fourth-order valence-electron chi connectivity index (χ4n) is 2.11. The van der Waals surface area contributed by atoms with Crippen molar-refractivity contribution in [2.45, 2.75) is 31.6 Å². The lowest BCUT2D eigenvalue weighted by atomic mass is 10.1. The molecule has 17 heavy (non-hydrogen) atoms. The molecule has 0 atom stereocenters. The molecular formula is C13H20N2OS. The lowest BCUT2D eigenvalue weighted by molar-refractivity contribution is 0.281. The topological polar surface area (TPSA) is 36.4 Å². The van der Waals surface area contributed by atoms with Crippen LogP contribution >= 0.6 is 11.8 Å². The van der Waals surface area contributed by atoms with E-state index in [0.717, 1.165) is 30.1 Å². The van der Waals surface area contributed by atoms with Crippen LogP contribution in [0.3, 0.4) is 0 Å². The van der Waals surface area contributed by atoms with Gasteiger partial charge in [-0.15, -0.1) is 0 Å². The molecule has 0 bridgehead atoms. The molecule has 94 valence electrons. The van der Waals surface area contributed by atoms with Gasteiger partial charge in [-0.2, -0.15) is 11.8 Å². The first kappa shape index (κ1) is 12.7. The average Bonchev–Trinajstić information content (AvgIpc) is 2.50. The van der Waals surface area contributed by atoms with Crippen LogP contribution in [0.25, 0.3) is 0 Å². The summed E-state index contributed by atoms with van der Waals surface area (Å²) in [5, 5.41) is 9.35. The van der Waals surface area contributed by atoms with Gasteiger partial charge in [0.05, 0.1) is 6.61 Å². The number of pyridine rings is 1. The Balaban J connectivity index is 2.17. The predicted octanol–water partition coefficient (Wildman–Crippen LogP) is 2.30. The van der Waals surface area contributed by atoms with Crippen molar-refractivity contribution in [3.63, 3.8) is 0 Å². The molecule has 1 aromatic heterocycles. The van der Waals surface area contributed by atoms with Gasteiger partial charge in [0.15, 0.2) is 0 Å². The molecule has 3 nitrogen and oxygen atoms in total. The van der Waals surface area contributed by atoms with Crippen molar-refractivity contribution in [2.75, 3.05) is 23.7 Å². The fraction of sp³-hybridized carbons (Fsp3) is 0.615. The fourth-order valence-corrected chi connectivity index (χ4v) is 3.21. The second kappa shape index (κ2) is 5.27. The van der Waals surface area contributed by atoms with Gasteiger partial charge < -0.3 is 10.0 Å². The van der Waals surface area contributed by atoms with E-state index >= 15 is 0 Å². The second-order valence-electron chi connectivity index (χ2n) is 5.01. The predicted molar refractivity (Wildman–Crippen MR) is 73.5 cm³/mol. The zero-order valence-electron chi connectivity index (χ0n) is 10.5. The third kappa shape index (κ3) is 3.13. The molecule has 2 heterocycles. The zero-order chi connectivity index (χ0) is 12.3. The number of thioether (sulfide) groups is 1. The molecule has 1 saturated heterocycles. The Labute approximate surface area is 107 Å². The summed E-state index contributed by atoms with van der Waals surface area (Å²) in [6.07, 6.45) is 4.74. The molecule has 4 heteroatoms. The van der Waals surface area contributed by atoms with E-state index in [1.165, 1.54) is 6.42 Å². The Hall–Kier alpha value is -0.740. The van der Waals surface area contributed by atoms with Crippen LogP contribution < -0.4 is 4.90 Å². The molecule has 1 N–H and O–H groups in total. The average molecular weight is 252 g/mol. The molecule has 1 aliphatic heterocycles. The van der Waals surface area contributed by atoms with Crippen LogP contribution in [-0.4, -0.2) is 33.7 Å². The molecular weight excluding hydrogens is 232 g/mol. The van der Waals surface area contributed by atoms with Crippen LogP contribution in [-0.2, 0) is 6.61 Å². The first-order valence-electron chi connectivity index (χ1n) is 6.05. The highest BCUT2D eigenvalue weighted by Gasteiger charge is 2.24. The van der Waals surface area contributed by atoms with Crippen LogP contribution in [0.1, 0.15) is 25.8 Å². The van der Waals surface area contributed by atoms with Crippen LogP contribution in [0, 0.1) is 0 Å². The van der Waals surface area contributed by atoms with E-state index in [4.69, 9.17) is 0 Å². The minimum atomic E-state index is 0.0657. The standard InChI is InChI=1S/C13H20N2OS/c1-13(2)4-6-15(7-8-17-13)12-3-5-14-9-11(12)10-16/h3,5,9,16H,4,6-8,10H2,1-2H3. The number of nitrogens with zero attached hydrogens (tertiary/aromatic N) is 2. The zero-order valence-corrected chi connectivity index (χ0v) is 11.3. The molecule has 0 aliphatic carbocycles. The largest absolute Gasteiger partial charge is 0.392 e.